The summed E-state index contributed by atoms with van der Waals surface area (Å²) in [6.45, 7) is 8.03. The van der Waals surface area contributed by atoms with E-state index in [1.54, 1.807) is 7.11 Å². The first-order valence-electron chi connectivity index (χ1n) is 11.4. The lowest BCUT2D eigenvalue weighted by atomic mass is 10.1. The van der Waals surface area contributed by atoms with Gasteiger partial charge in [0.25, 0.3) is 0 Å². The van der Waals surface area contributed by atoms with Crippen molar-refractivity contribution < 1.29 is 17.9 Å². The smallest absolute Gasteiger partial charge is 0.383 e. The van der Waals surface area contributed by atoms with Crippen LogP contribution in [0.15, 0.2) is 18.3 Å². The monoisotopic (exact) mass is 451 g/mol. The highest BCUT2D eigenvalue weighted by atomic mass is 19.4. The second-order valence-corrected chi connectivity index (χ2v) is 9.08. The number of nitrogens with two attached hydrogens (primary N) is 1. The molecule has 3 atom stereocenters. The van der Waals surface area contributed by atoms with E-state index in [0.29, 0.717) is 29.0 Å². The lowest BCUT2D eigenvalue weighted by molar-refractivity contribution is -0.137. The molecule has 2 N–H and O–H groups in total. The van der Waals surface area contributed by atoms with Crippen LogP contribution in [0.3, 0.4) is 0 Å². The number of ether oxygens (including phenoxy) is 1. The summed E-state index contributed by atoms with van der Waals surface area (Å²) >= 11 is 0. The standard InChI is InChI=1S/C23H32F3N5O/c1-4-14(2)31-20(21-16-5-7-30(9-10-32-3)8-6-17(16)21)12-19(29-31)15-11-18(23(24,25)26)22(27)28-13-15/h11-14,16-17,21H,4-10H2,1-3H3,(H2,27,28). The van der Waals surface area contributed by atoms with Crippen LogP contribution in [0.1, 0.15) is 56.3 Å². The minimum atomic E-state index is -4.55. The molecule has 0 amide bonds. The van der Waals surface area contributed by atoms with Gasteiger partial charge in [-0.05, 0) is 63.2 Å². The Morgan fingerprint density at radius 2 is 1.91 bits per heavy atom. The number of hydrogen-bond acceptors (Lipinski definition) is 5. The largest absolute Gasteiger partial charge is 0.419 e. The van der Waals surface area contributed by atoms with E-state index < -0.39 is 17.6 Å². The van der Waals surface area contributed by atoms with Crippen LogP contribution in [-0.4, -0.2) is 53.0 Å². The molecule has 2 aromatic heterocycles. The zero-order valence-electron chi connectivity index (χ0n) is 18.9. The molecule has 32 heavy (non-hydrogen) atoms. The number of alkyl halides is 3. The molecule has 3 heterocycles. The third-order valence-electron chi connectivity index (χ3n) is 7.13. The van der Waals surface area contributed by atoms with Gasteiger partial charge in [-0.25, -0.2) is 4.98 Å². The van der Waals surface area contributed by atoms with E-state index in [9.17, 15) is 13.2 Å². The fraction of sp³-hybridized carbons (Fsp3) is 0.652. The van der Waals surface area contributed by atoms with E-state index in [4.69, 9.17) is 15.6 Å². The number of nitrogens with zero attached hydrogens (tertiary/aromatic N) is 4. The van der Waals surface area contributed by atoms with Crippen molar-refractivity contribution >= 4 is 5.82 Å². The molecule has 2 aromatic rings. The third kappa shape index (κ3) is 4.50. The highest BCUT2D eigenvalue weighted by molar-refractivity contribution is 5.63. The number of methoxy groups -OCH3 is 1. The van der Waals surface area contributed by atoms with Gasteiger partial charge in [0, 0.05) is 43.1 Å². The number of fused-ring (bicyclic) bond motifs is 1. The molecule has 1 aliphatic heterocycles. The van der Waals surface area contributed by atoms with Crippen LogP contribution in [0.5, 0.6) is 0 Å². The predicted molar refractivity (Wildman–Crippen MR) is 117 cm³/mol. The molecule has 0 spiro atoms. The minimum absolute atomic E-state index is 0.172. The van der Waals surface area contributed by atoms with Crippen molar-refractivity contribution in [1.29, 1.82) is 0 Å². The Kier molecular flexibility index (Phi) is 6.49. The topological polar surface area (TPSA) is 69.2 Å². The normalized spacial score (nSPS) is 24.8. The van der Waals surface area contributed by atoms with Gasteiger partial charge >= 0.3 is 6.18 Å². The van der Waals surface area contributed by atoms with Crippen molar-refractivity contribution in [3.8, 4) is 11.3 Å². The Morgan fingerprint density at radius 3 is 2.50 bits per heavy atom. The van der Waals surface area contributed by atoms with Gasteiger partial charge in [0.2, 0.25) is 0 Å². The number of likely N-dealkylation sites (tertiary alicyclic amines) is 1. The summed E-state index contributed by atoms with van der Waals surface area (Å²) < 4.78 is 47.3. The van der Waals surface area contributed by atoms with Crippen LogP contribution < -0.4 is 5.73 Å². The molecule has 2 aliphatic rings. The third-order valence-corrected chi connectivity index (χ3v) is 7.13. The number of rotatable bonds is 7. The summed E-state index contributed by atoms with van der Waals surface area (Å²) in [5.74, 6) is 1.11. The molecular weight excluding hydrogens is 419 g/mol. The summed E-state index contributed by atoms with van der Waals surface area (Å²) in [6, 6.07) is 3.21. The van der Waals surface area contributed by atoms with Crippen molar-refractivity contribution in [2.75, 3.05) is 39.1 Å². The van der Waals surface area contributed by atoms with Crippen molar-refractivity contribution in [3.05, 3.63) is 29.6 Å². The van der Waals surface area contributed by atoms with Crippen molar-refractivity contribution in [2.45, 2.75) is 51.2 Å². The summed E-state index contributed by atoms with van der Waals surface area (Å²) in [7, 11) is 1.73. The van der Waals surface area contributed by atoms with Crippen LogP contribution in [0.4, 0.5) is 19.0 Å². The molecule has 1 aliphatic carbocycles. The highest BCUT2D eigenvalue weighted by Gasteiger charge is 2.52. The number of hydrogen-bond donors (Lipinski definition) is 1. The van der Waals surface area contributed by atoms with E-state index in [-0.39, 0.29) is 6.04 Å². The maximum atomic E-state index is 13.3. The van der Waals surface area contributed by atoms with Gasteiger partial charge in [0.05, 0.1) is 17.9 Å². The molecule has 1 saturated carbocycles. The van der Waals surface area contributed by atoms with Crippen LogP contribution >= 0.6 is 0 Å². The van der Waals surface area contributed by atoms with Crippen LogP contribution in [-0.2, 0) is 10.9 Å². The zero-order chi connectivity index (χ0) is 23.0. The number of anilines is 1. The SMILES string of the molecule is CCC(C)n1nc(-c2cnc(N)c(C(F)(F)F)c2)cc1C1C2CCN(CCOC)CCC21. The molecule has 6 nitrogen and oxygen atoms in total. The molecule has 0 bridgehead atoms. The number of halogens is 3. The summed E-state index contributed by atoms with van der Waals surface area (Å²) in [4.78, 5) is 6.26. The summed E-state index contributed by atoms with van der Waals surface area (Å²) in [5.41, 5.74) is 6.59. The van der Waals surface area contributed by atoms with E-state index in [1.807, 2.05) is 10.7 Å². The van der Waals surface area contributed by atoms with Gasteiger partial charge < -0.3 is 15.4 Å². The van der Waals surface area contributed by atoms with Gasteiger partial charge in [0.1, 0.15) is 5.82 Å². The summed E-state index contributed by atoms with van der Waals surface area (Å²) in [5, 5.41) is 4.74. The quantitative estimate of drug-likeness (QED) is 0.667. The minimum Gasteiger partial charge on any atom is -0.383 e. The molecule has 0 aromatic carbocycles. The molecule has 2 fully saturated rings. The molecule has 1 saturated heterocycles. The predicted octanol–water partition coefficient (Wildman–Crippen LogP) is 4.59. The second-order valence-electron chi connectivity index (χ2n) is 9.08. The first-order chi connectivity index (χ1) is 15.2. The second kappa shape index (κ2) is 9.02. The van der Waals surface area contributed by atoms with Crippen molar-refractivity contribution in [2.24, 2.45) is 11.8 Å². The first kappa shape index (κ1) is 23.0. The number of pyridine rings is 1. The van der Waals surface area contributed by atoms with Gasteiger partial charge in [-0.1, -0.05) is 6.92 Å². The fourth-order valence-electron chi connectivity index (χ4n) is 5.06. The van der Waals surface area contributed by atoms with Gasteiger partial charge in [-0.15, -0.1) is 0 Å². The molecular formula is C23H32F3N5O. The number of aromatic nitrogens is 3. The average molecular weight is 452 g/mol. The average Bonchev–Trinajstić information content (AvgIpc) is 3.34. The van der Waals surface area contributed by atoms with E-state index >= 15 is 0 Å². The fourth-order valence-corrected chi connectivity index (χ4v) is 5.06. The van der Waals surface area contributed by atoms with Gasteiger partial charge in [0.15, 0.2) is 0 Å². The molecule has 9 heteroatoms. The molecule has 0 radical (unpaired) electrons. The van der Waals surface area contributed by atoms with Crippen molar-refractivity contribution in [3.63, 3.8) is 0 Å². The maximum absolute atomic E-state index is 13.3. The van der Waals surface area contributed by atoms with Crippen molar-refractivity contribution in [1.82, 2.24) is 19.7 Å². The Hall–Kier alpha value is -2.13. The first-order valence-corrected chi connectivity index (χ1v) is 11.4. The van der Waals surface area contributed by atoms with E-state index in [2.05, 4.69) is 23.7 Å². The van der Waals surface area contributed by atoms with Gasteiger partial charge in [-0.2, -0.15) is 18.3 Å². The van der Waals surface area contributed by atoms with E-state index in [0.717, 1.165) is 57.3 Å². The van der Waals surface area contributed by atoms with Gasteiger partial charge in [-0.3, -0.25) is 4.68 Å². The Balaban J connectivity index is 1.60. The summed E-state index contributed by atoms with van der Waals surface area (Å²) in [6.07, 6.45) is -0.0118. The lowest BCUT2D eigenvalue weighted by Gasteiger charge is -2.21. The Labute approximate surface area is 186 Å². The Morgan fingerprint density at radius 1 is 1.22 bits per heavy atom. The maximum Gasteiger partial charge on any atom is 0.419 e. The molecule has 176 valence electrons. The van der Waals surface area contributed by atoms with Crippen LogP contribution in [0.25, 0.3) is 11.3 Å². The van der Waals surface area contributed by atoms with Crippen LogP contribution in [0, 0.1) is 11.8 Å². The molecule has 4 rings (SSSR count). The van der Waals surface area contributed by atoms with E-state index in [1.165, 1.54) is 6.20 Å². The lowest BCUT2D eigenvalue weighted by Crippen LogP contribution is -2.29. The number of nitrogen functional groups attached to an aromatic ring is 1. The highest BCUT2D eigenvalue weighted by Crippen LogP contribution is 2.59. The Bertz CT molecular complexity index is 930. The van der Waals surface area contributed by atoms with Crippen LogP contribution in [0.2, 0.25) is 0 Å². The molecule has 3 unspecified atom stereocenters. The zero-order valence-corrected chi connectivity index (χ0v) is 18.9.